The molecule has 0 aliphatic carbocycles. The van der Waals surface area contributed by atoms with Crippen molar-refractivity contribution in [3.8, 4) is 11.5 Å². The number of aliphatic imine (C=N–C) groups is 1. The Hall–Kier alpha value is -3.65. The van der Waals surface area contributed by atoms with Crippen molar-refractivity contribution in [1.82, 2.24) is 0 Å². The molecule has 7 nitrogen and oxygen atoms in total. The number of hydrogen-bond acceptors (Lipinski definition) is 7. The molecule has 3 aromatic rings. The van der Waals surface area contributed by atoms with Gasteiger partial charge in [0, 0.05) is 15.6 Å². The largest absolute Gasteiger partial charge is 0.497 e. The zero-order valence-corrected chi connectivity index (χ0v) is 17.2. The third-order valence-electron chi connectivity index (χ3n) is 4.15. The smallest absolute Gasteiger partial charge is 0.379 e. The third-order valence-corrected chi connectivity index (χ3v) is 4.64. The van der Waals surface area contributed by atoms with Crippen molar-refractivity contribution in [2.75, 3.05) is 7.11 Å². The molecule has 0 N–H and O–H groups in total. The predicted octanol–water partition coefficient (Wildman–Crippen LogP) is 4.61. The molecule has 2 aromatic carbocycles. The van der Waals surface area contributed by atoms with E-state index in [1.807, 2.05) is 0 Å². The molecule has 4 rings (SSSR count). The normalized spacial score (nSPS) is 14.4. The summed E-state index contributed by atoms with van der Waals surface area (Å²) < 4.78 is 21.6. The van der Waals surface area contributed by atoms with Gasteiger partial charge in [-0.05, 0) is 60.7 Å². The highest BCUT2D eigenvalue weighted by Gasteiger charge is 2.25. The summed E-state index contributed by atoms with van der Waals surface area (Å²) in [6, 6.07) is 15.1. The number of esters is 2. The summed E-state index contributed by atoms with van der Waals surface area (Å²) in [6.07, 6.45) is 2.87. The van der Waals surface area contributed by atoms with Crippen LogP contribution in [-0.4, -0.2) is 24.9 Å². The molecule has 0 fully saturated rings. The third kappa shape index (κ3) is 4.18. The Labute approximate surface area is 179 Å². The molecule has 0 spiro atoms. The second kappa shape index (κ2) is 8.38. The Bertz CT molecular complexity index is 1160. The summed E-state index contributed by atoms with van der Waals surface area (Å²) in [5.74, 6) is -0.0956. The quantitative estimate of drug-likeness (QED) is 0.309. The van der Waals surface area contributed by atoms with Gasteiger partial charge in [0.15, 0.2) is 5.70 Å². The predicted molar refractivity (Wildman–Crippen MR) is 111 cm³/mol. The Morgan fingerprint density at radius 3 is 2.63 bits per heavy atom. The van der Waals surface area contributed by atoms with Crippen molar-refractivity contribution in [2.24, 2.45) is 4.99 Å². The van der Waals surface area contributed by atoms with Gasteiger partial charge in [0.2, 0.25) is 11.7 Å². The van der Waals surface area contributed by atoms with E-state index in [2.05, 4.69) is 20.9 Å². The lowest BCUT2D eigenvalue weighted by Gasteiger charge is -2.07. The van der Waals surface area contributed by atoms with Crippen LogP contribution in [0.5, 0.6) is 11.5 Å². The van der Waals surface area contributed by atoms with Crippen LogP contribution < -0.4 is 9.47 Å². The number of halogens is 1. The number of cyclic esters (lactones) is 1. The van der Waals surface area contributed by atoms with E-state index in [4.69, 9.17) is 18.6 Å². The fourth-order valence-electron chi connectivity index (χ4n) is 2.68. The molecule has 0 saturated heterocycles. The van der Waals surface area contributed by atoms with Crippen molar-refractivity contribution >= 4 is 39.8 Å². The highest BCUT2D eigenvalue weighted by Crippen LogP contribution is 2.28. The highest BCUT2D eigenvalue weighted by molar-refractivity contribution is 9.10. The second-order valence-corrected chi connectivity index (χ2v) is 7.03. The number of methoxy groups -OCH3 is 1. The van der Waals surface area contributed by atoms with Gasteiger partial charge in [-0.3, -0.25) is 0 Å². The maximum atomic E-state index is 12.3. The van der Waals surface area contributed by atoms with E-state index >= 15 is 0 Å². The molecule has 0 atom stereocenters. The fourth-order valence-corrected chi connectivity index (χ4v) is 3.06. The van der Waals surface area contributed by atoms with Crippen LogP contribution >= 0.6 is 15.9 Å². The van der Waals surface area contributed by atoms with Crippen molar-refractivity contribution < 1.29 is 28.2 Å². The van der Waals surface area contributed by atoms with Crippen LogP contribution in [0, 0.1) is 0 Å². The number of furan rings is 1. The number of rotatable bonds is 5. The standard InChI is InChI=1S/C22H14BrNO6/c1-27-16-7-4-13(5-8-16)20-24-17(21(25)30-20)12-14-11-15(23)6-9-18(14)29-22(26)19-3-2-10-28-19/h2-12H,1H3/b17-12+. The van der Waals surface area contributed by atoms with Gasteiger partial charge in [0.25, 0.3) is 0 Å². The number of nitrogens with zero attached hydrogens (tertiary/aromatic N) is 1. The number of benzene rings is 2. The topological polar surface area (TPSA) is 87.3 Å². The van der Waals surface area contributed by atoms with E-state index < -0.39 is 11.9 Å². The Kier molecular flexibility index (Phi) is 5.49. The van der Waals surface area contributed by atoms with Crippen LogP contribution in [0.25, 0.3) is 6.08 Å². The minimum absolute atomic E-state index is 0.0663. The summed E-state index contributed by atoms with van der Waals surface area (Å²) in [6.45, 7) is 0. The molecule has 150 valence electrons. The van der Waals surface area contributed by atoms with Gasteiger partial charge in [-0.1, -0.05) is 15.9 Å². The van der Waals surface area contributed by atoms with Gasteiger partial charge in [0.05, 0.1) is 13.4 Å². The molecule has 30 heavy (non-hydrogen) atoms. The molecule has 1 aliphatic rings. The fraction of sp³-hybridized carbons (Fsp3) is 0.0455. The SMILES string of the molecule is COc1ccc(C2=N/C(=C/c3cc(Br)ccc3OC(=O)c3ccco3)C(=O)O2)cc1. The Morgan fingerprint density at radius 1 is 1.13 bits per heavy atom. The van der Waals surface area contributed by atoms with Crippen molar-refractivity contribution in [3.05, 3.63) is 87.9 Å². The van der Waals surface area contributed by atoms with Crippen molar-refractivity contribution in [3.63, 3.8) is 0 Å². The highest BCUT2D eigenvalue weighted by atomic mass is 79.9. The van der Waals surface area contributed by atoms with Crippen LogP contribution in [0.1, 0.15) is 21.7 Å². The average Bonchev–Trinajstić information content (AvgIpc) is 3.41. The number of hydrogen-bond donors (Lipinski definition) is 0. The van der Waals surface area contributed by atoms with Crippen LogP contribution in [0.2, 0.25) is 0 Å². The maximum Gasteiger partial charge on any atom is 0.379 e. The lowest BCUT2D eigenvalue weighted by molar-refractivity contribution is -0.129. The summed E-state index contributed by atoms with van der Waals surface area (Å²) >= 11 is 3.38. The second-order valence-electron chi connectivity index (χ2n) is 6.11. The molecule has 0 amide bonds. The molecule has 2 heterocycles. The Balaban J connectivity index is 1.64. The van der Waals surface area contributed by atoms with Crippen LogP contribution in [-0.2, 0) is 9.53 Å². The molecule has 0 radical (unpaired) electrons. The molecule has 8 heteroatoms. The number of carbonyl (C=O) groups is 2. The van der Waals surface area contributed by atoms with Crippen molar-refractivity contribution in [2.45, 2.75) is 0 Å². The van der Waals surface area contributed by atoms with Gasteiger partial charge in [-0.2, -0.15) is 0 Å². The minimum atomic E-state index is -0.654. The lowest BCUT2D eigenvalue weighted by atomic mass is 10.1. The molecule has 0 bridgehead atoms. The molecule has 0 unspecified atom stereocenters. The monoisotopic (exact) mass is 467 g/mol. The maximum absolute atomic E-state index is 12.3. The van der Waals surface area contributed by atoms with E-state index in [-0.39, 0.29) is 23.1 Å². The van der Waals surface area contributed by atoms with E-state index in [0.29, 0.717) is 16.9 Å². The number of ether oxygens (including phenoxy) is 3. The van der Waals surface area contributed by atoms with E-state index in [1.54, 1.807) is 55.6 Å². The summed E-state index contributed by atoms with van der Waals surface area (Å²) in [5, 5.41) is 0. The van der Waals surface area contributed by atoms with E-state index in [9.17, 15) is 9.59 Å². The zero-order valence-electron chi connectivity index (χ0n) is 15.6. The molecule has 1 aliphatic heterocycles. The average molecular weight is 468 g/mol. The Morgan fingerprint density at radius 2 is 1.93 bits per heavy atom. The molecule has 0 saturated carbocycles. The van der Waals surface area contributed by atoms with Crippen LogP contribution in [0.4, 0.5) is 0 Å². The van der Waals surface area contributed by atoms with Crippen molar-refractivity contribution in [1.29, 1.82) is 0 Å². The number of carbonyl (C=O) groups excluding carboxylic acids is 2. The van der Waals surface area contributed by atoms with E-state index in [1.165, 1.54) is 18.4 Å². The van der Waals surface area contributed by atoms with Gasteiger partial charge in [0.1, 0.15) is 11.5 Å². The summed E-state index contributed by atoms with van der Waals surface area (Å²) in [4.78, 5) is 28.8. The van der Waals surface area contributed by atoms with Gasteiger partial charge >= 0.3 is 11.9 Å². The molecular formula is C22H14BrNO6. The summed E-state index contributed by atoms with van der Waals surface area (Å²) in [7, 11) is 1.57. The van der Waals surface area contributed by atoms with Gasteiger partial charge in [-0.15, -0.1) is 0 Å². The lowest BCUT2D eigenvalue weighted by Crippen LogP contribution is -2.08. The molecular weight excluding hydrogens is 454 g/mol. The minimum Gasteiger partial charge on any atom is -0.497 e. The first-order valence-electron chi connectivity index (χ1n) is 8.76. The van der Waals surface area contributed by atoms with Gasteiger partial charge in [-0.25, -0.2) is 14.6 Å². The van der Waals surface area contributed by atoms with Crippen LogP contribution in [0.15, 0.2) is 80.4 Å². The molecule has 1 aromatic heterocycles. The van der Waals surface area contributed by atoms with Gasteiger partial charge < -0.3 is 18.6 Å². The van der Waals surface area contributed by atoms with Crippen LogP contribution in [0.3, 0.4) is 0 Å². The first-order chi connectivity index (χ1) is 14.5. The first-order valence-corrected chi connectivity index (χ1v) is 9.55. The summed E-state index contributed by atoms with van der Waals surface area (Å²) in [5.41, 5.74) is 1.18. The first kappa shape index (κ1) is 19.7. The zero-order chi connectivity index (χ0) is 21.1. The van der Waals surface area contributed by atoms with E-state index in [0.717, 1.165) is 4.47 Å².